The van der Waals surface area contributed by atoms with Crippen LogP contribution in [-0.2, 0) is 14.3 Å². The molecular formula is C19H18F3NO3. The van der Waals surface area contributed by atoms with E-state index < -0.39 is 30.6 Å². The van der Waals surface area contributed by atoms with Crippen molar-refractivity contribution in [3.8, 4) is 0 Å². The van der Waals surface area contributed by atoms with Crippen LogP contribution in [0.4, 0.5) is 13.2 Å². The molecule has 1 N–H and O–H groups in total. The summed E-state index contributed by atoms with van der Waals surface area (Å²) >= 11 is 0. The highest BCUT2D eigenvalue weighted by atomic mass is 19.1. The van der Waals surface area contributed by atoms with Gasteiger partial charge in [-0.25, -0.2) is 18.0 Å². The number of Topliss-reactive ketones (excluding diaryl/α,β-unsaturated/α-hetero) is 1. The van der Waals surface area contributed by atoms with Gasteiger partial charge in [-0.05, 0) is 25.0 Å². The number of ether oxygens (including phenoxy) is 1. The van der Waals surface area contributed by atoms with Crippen molar-refractivity contribution in [2.45, 2.75) is 31.9 Å². The number of alkyl halides is 2. The quantitative estimate of drug-likeness (QED) is 0.829. The maximum Gasteiger partial charge on any atom is 0.336 e. The van der Waals surface area contributed by atoms with Gasteiger partial charge in [0, 0.05) is 29.2 Å². The molecule has 0 saturated carbocycles. The molecule has 4 nitrogen and oxygen atoms in total. The predicted molar refractivity (Wildman–Crippen MR) is 88.1 cm³/mol. The Morgan fingerprint density at radius 1 is 1.38 bits per heavy atom. The van der Waals surface area contributed by atoms with Gasteiger partial charge in [-0.1, -0.05) is 12.1 Å². The Kier molecular flexibility index (Phi) is 4.89. The van der Waals surface area contributed by atoms with Gasteiger partial charge in [0.05, 0.1) is 18.4 Å². The maximum atomic E-state index is 14.3. The van der Waals surface area contributed by atoms with Gasteiger partial charge in [0.1, 0.15) is 18.7 Å². The number of dihydropyridines is 1. The minimum absolute atomic E-state index is 0.0444. The van der Waals surface area contributed by atoms with E-state index in [0.717, 1.165) is 13.2 Å². The van der Waals surface area contributed by atoms with Gasteiger partial charge in [0.2, 0.25) is 0 Å². The summed E-state index contributed by atoms with van der Waals surface area (Å²) in [4.78, 5) is 24.8. The van der Waals surface area contributed by atoms with Gasteiger partial charge >= 0.3 is 5.97 Å². The van der Waals surface area contributed by atoms with Gasteiger partial charge in [-0.3, -0.25) is 4.79 Å². The number of hydrogen-bond donors (Lipinski definition) is 1. The Morgan fingerprint density at radius 3 is 2.73 bits per heavy atom. The number of rotatable bonds is 4. The molecule has 1 aromatic carbocycles. The number of nitrogens with one attached hydrogen (secondary N) is 1. The van der Waals surface area contributed by atoms with Crippen molar-refractivity contribution in [3.05, 3.63) is 57.7 Å². The second kappa shape index (κ2) is 6.97. The van der Waals surface area contributed by atoms with Crippen LogP contribution in [0.25, 0.3) is 0 Å². The molecule has 0 bridgehead atoms. The molecule has 138 valence electrons. The molecule has 2 aliphatic rings. The molecule has 0 aromatic heterocycles. The third kappa shape index (κ3) is 2.81. The molecule has 0 spiro atoms. The lowest BCUT2D eigenvalue weighted by Crippen LogP contribution is -2.32. The molecule has 1 aliphatic heterocycles. The van der Waals surface area contributed by atoms with Crippen LogP contribution in [0.3, 0.4) is 0 Å². The second-order valence-corrected chi connectivity index (χ2v) is 6.25. The molecular weight excluding hydrogens is 347 g/mol. The topological polar surface area (TPSA) is 55.4 Å². The molecule has 1 aromatic rings. The molecule has 1 heterocycles. The Bertz CT molecular complexity index is 842. The number of ketones is 1. The van der Waals surface area contributed by atoms with Crippen LogP contribution in [0.1, 0.15) is 43.0 Å². The maximum absolute atomic E-state index is 14.3. The number of esters is 1. The minimum atomic E-state index is -1.67. The van der Waals surface area contributed by atoms with Gasteiger partial charge in [-0.2, -0.15) is 0 Å². The van der Waals surface area contributed by atoms with Crippen LogP contribution in [0.15, 0.2) is 40.7 Å². The zero-order chi connectivity index (χ0) is 19.0. The summed E-state index contributed by atoms with van der Waals surface area (Å²) in [6.45, 7) is 0.175. The van der Waals surface area contributed by atoms with Gasteiger partial charge < -0.3 is 10.1 Å². The number of carbonyl (C=O) groups excluding carboxylic acids is 2. The number of methoxy groups -OCH3 is 1. The molecule has 1 aliphatic carbocycles. The molecule has 0 amide bonds. The monoisotopic (exact) mass is 365 g/mol. The van der Waals surface area contributed by atoms with Crippen molar-refractivity contribution in [2.75, 3.05) is 13.8 Å². The molecule has 0 fully saturated rings. The van der Waals surface area contributed by atoms with E-state index in [4.69, 9.17) is 4.74 Å². The fourth-order valence-corrected chi connectivity index (χ4v) is 3.70. The van der Waals surface area contributed by atoms with Crippen LogP contribution in [-0.4, -0.2) is 25.5 Å². The van der Waals surface area contributed by atoms with E-state index in [1.54, 1.807) is 0 Å². The van der Waals surface area contributed by atoms with E-state index in [0.29, 0.717) is 12.1 Å². The fraction of sp³-hybridized carbons (Fsp3) is 0.368. The van der Waals surface area contributed by atoms with Crippen molar-refractivity contribution >= 4 is 11.8 Å². The van der Waals surface area contributed by atoms with Crippen molar-refractivity contribution in [3.63, 3.8) is 0 Å². The SMILES string of the molecule is COC(=O)C1=C(CF)NC2=C(C(=O)CC2)C1c1cccc(F)c1C(C)F. The first-order chi connectivity index (χ1) is 12.4. The van der Waals surface area contributed by atoms with Crippen LogP contribution >= 0.6 is 0 Å². The van der Waals surface area contributed by atoms with Crippen LogP contribution in [0.5, 0.6) is 0 Å². The third-order valence-corrected chi connectivity index (χ3v) is 4.77. The average Bonchev–Trinajstić information content (AvgIpc) is 2.99. The number of halogens is 3. The van der Waals surface area contributed by atoms with E-state index in [1.165, 1.54) is 19.1 Å². The lowest BCUT2D eigenvalue weighted by molar-refractivity contribution is -0.136. The number of hydrogen-bond acceptors (Lipinski definition) is 4. The van der Waals surface area contributed by atoms with E-state index >= 15 is 0 Å². The van der Waals surface area contributed by atoms with Crippen molar-refractivity contribution in [1.29, 1.82) is 0 Å². The number of allylic oxidation sites excluding steroid dienone is 3. The van der Waals surface area contributed by atoms with Gasteiger partial charge in [-0.15, -0.1) is 0 Å². The van der Waals surface area contributed by atoms with Crippen molar-refractivity contribution in [1.82, 2.24) is 5.32 Å². The lowest BCUT2D eigenvalue weighted by atomic mass is 9.78. The van der Waals surface area contributed by atoms with E-state index in [2.05, 4.69) is 5.32 Å². The number of carbonyl (C=O) groups is 2. The normalized spacial score (nSPS) is 20.8. The predicted octanol–water partition coefficient (Wildman–Crippen LogP) is 3.56. The summed E-state index contributed by atoms with van der Waals surface area (Å²) in [5.74, 6) is -2.93. The Hall–Kier alpha value is -2.57. The molecule has 2 unspecified atom stereocenters. The highest BCUT2D eigenvalue weighted by molar-refractivity contribution is 6.05. The van der Waals surface area contributed by atoms with Gasteiger partial charge in [0.15, 0.2) is 5.78 Å². The largest absolute Gasteiger partial charge is 0.466 e. The summed E-state index contributed by atoms with van der Waals surface area (Å²) < 4.78 is 46.9. The highest BCUT2D eigenvalue weighted by Gasteiger charge is 2.42. The summed E-state index contributed by atoms with van der Waals surface area (Å²) in [6.07, 6.45) is -1.12. The Labute approximate surface area is 148 Å². The first kappa shape index (κ1) is 18.2. The van der Waals surface area contributed by atoms with E-state index in [1.807, 2.05) is 0 Å². The molecule has 3 rings (SSSR count). The first-order valence-electron chi connectivity index (χ1n) is 8.23. The molecule has 7 heteroatoms. The van der Waals surface area contributed by atoms with Crippen LogP contribution in [0.2, 0.25) is 0 Å². The summed E-state index contributed by atoms with van der Waals surface area (Å²) in [6, 6.07) is 3.95. The van der Waals surface area contributed by atoms with Crippen LogP contribution < -0.4 is 5.32 Å². The van der Waals surface area contributed by atoms with Gasteiger partial charge in [0.25, 0.3) is 0 Å². The standard InChI is InChI=1S/C19H18F3NO3/c1-9(21)15-10(4-3-5-11(15)22)16-17-12(6-7-14(17)24)23-13(8-20)18(16)19(25)26-2/h3-5,9,16,23H,6-8H2,1-2H3. The third-order valence-electron chi connectivity index (χ3n) is 4.77. The highest BCUT2D eigenvalue weighted by Crippen LogP contribution is 2.46. The zero-order valence-corrected chi connectivity index (χ0v) is 14.4. The number of benzene rings is 1. The van der Waals surface area contributed by atoms with E-state index in [-0.39, 0.29) is 40.2 Å². The van der Waals surface area contributed by atoms with Crippen molar-refractivity contribution < 1.29 is 27.5 Å². The zero-order valence-electron chi connectivity index (χ0n) is 14.4. The second-order valence-electron chi connectivity index (χ2n) is 6.25. The summed E-state index contributed by atoms with van der Waals surface area (Å²) in [5, 5.41) is 2.80. The molecule has 0 saturated heterocycles. The Morgan fingerprint density at radius 2 is 2.12 bits per heavy atom. The summed E-state index contributed by atoms with van der Waals surface area (Å²) in [5.41, 5.74) is 0.451. The molecule has 26 heavy (non-hydrogen) atoms. The summed E-state index contributed by atoms with van der Waals surface area (Å²) in [7, 11) is 1.13. The smallest absolute Gasteiger partial charge is 0.336 e. The average molecular weight is 365 g/mol. The lowest BCUT2D eigenvalue weighted by Gasteiger charge is -2.30. The fourth-order valence-electron chi connectivity index (χ4n) is 3.70. The molecule has 0 radical (unpaired) electrons. The minimum Gasteiger partial charge on any atom is -0.466 e. The Balaban J connectivity index is 2.31. The molecule has 2 atom stereocenters. The van der Waals surface area contributed by atoms with E-state index in [9.17, 15) is 22.8 Å². The van der Waals surface area contributed by atoms with Crippen LogP contribution in [0, 0.1) is 5.82 Å². The van der Waals surface area contributed by atoms with Crippen molar-refractivity contribution in [2.24, 2.45) is 0 Å². The first-order valence-corrected chi connectivity index (χ1v) is 8.23.